The number of halogens is 1. The number of hydrogen-bond acceptors (Lipinski definition) is 2. The van der Waals surface area contributed by atoms with Crippen molar-refractivity contribution in [2.75, 3.05) is 33.2 Å². The van der Waals surface area contributed by atoms with Gasteiger partial charge in [-0.3, -0.25) is 4.99 Å². The maximum absolute atomic E-state index is 4.30. The SMILES string of the molecule is CCN1CCC(CNC(=NC)NC2CC=CC2)C1.I. The Morgan fingerprint density at radius 3 is 2.68 bits per heavy atom. The van der Waals surface area contributed by atoms with E-state index in [-0.39, 0.29) is 24.0 Å². The lowest BCUT2D eigenvalue weighted by atomic mass is 10.1. The highest BCUT2D eigenvalue weighted by molar-refractivity contribution is 14.0. The van der Waals surface area contributed by atoms with Gasteiger partial charge in [-0.05, 0) is 38.3 Å². The average Bonchev–Trinajstić information content (AvgIpc) is 3.05. The first-order valence-corrected chi connectivity index (χ1v) is 7.16. The number of aliphatic imine (C=N–C) groups is 1. The minimum absolute atomic E-state index is 0. The summed E-state index contributed by atoms with van der Waals surface area (Å²) in [4.78, 5) is 6.82. The van der Waals surface area contributed by atoms with Crippen molar-refractivity contribution in [2.24, 2.45) is 10.9 Å². The van der Waals surface area contributed by atoms with Crippen molar-refractivity contribution < 1.29 is 0 Å². The van der Waals surface area contributed by atoms with Crippen LogP contribution in [-0.4, -0.2) is 50.1 Å². The third-order valence-electron chi connectivity index (χ3n) is 3.95. The molecule has 0 aromatic heterocycles. The van der Waals surface area contributed by atoms with Crippen LogP contribution in [0.25, 0.3) is 0 Å². The molecule has 2 N–H and O–H groups in total. The number of guanidine groups is 1. The highest BCUT2D eigenvalue weighted by Gasteiger charge is 2.21. The van der Waals surface area contributed by atoms with E-state index in [0.29, 0.717) is 6.04 Å². The summed E-state index contributed by atoms with van der Waals surface area (Å²) < 4.78 is 0. The summed E-state index contributed by atoms with van der Waals surface area (Å²) in [5.41, 5.74) is 0. The lowest BCUT2D eigenvalue weighted by Crippen LogP contribution is -2.44. The first-order valence-electron chi connectivity index (χ1n) is 7.16. The van der Waals surface area contributed by atoms with Crippen molar-refractivity contribution in [1.82, 2.24) is 15.5 Å². The zero-order valence-corrected chi connectivity index (χ0v) is 14.4. The smallest absolute Gasteiger partial charge is 0.191 e. The first kappa shape index (κ1) is 16.8. The van der Waals surface area contributed by atoms with Gasteiger partial charge in [0, 0.05) is 26.2 Å². The molecule has 1 unspecified atom stereocenters. The maximum Gasteiger partial charge on any atom is 0.191 e. The molecule has 4 nitrogen and oxygen atoms in total. The molecule has 1 aliphatic heterocycles. The van der Waals surface area contributed by atoms with Gasteiger partial charge in [-0.1, -0.05) is 19.1 Å². The van der Waals surface area contributed by atoms with Gasteiger partial charge in [0.15, 0.2) is 5.96 Å². The Hall–Kier alpha value is -0.300. The Bertz CT molecular complexity index is 309. The Morgan fingerprint density at radius 2 is 2.11 bits per heavy atom. The fourth-order valence-corrected chi connectivity index (χ4v) is 2.73. The van der Waals surface area contributed by atoms with Gasteiger partial charge in [0.05, 0.1) is 0 Å². The maximum atomic E-state index is 4.30. The number of nitrogens with zero attached hydrogens (tertiary/aromatic N) is 2. The number of nitrogens with one attached hydrogen (secondary N) is 2. The summed E-state index contributed by atoms with van der Waals surface area (Å²) in [7, 11) is 1.85. The van der Waals surface area contributed by atoms with Crippen LogP contribution in [-0.2, 0) is 0 Å². The molecule has 0 saturated carbocycles. The van der Waals surface area contributed by atoms with E-state index in [9.17, 15) is 0 Å². The fourth-order valence-electron chi connectivity index (χ4n) is 2.73. The fraction of sp³-hybridized carbons (Fsp3) is 0.786. The van der Waals surface area contributed by atoms with Gasteiger partial charge >= 0.3 is 0 Å². The van der Waals surface area contributed by atoms with E-state index in [4.69, 9.17) is 0 Å². The summed E-state index contributed by atoms with van der Waals surface area (Å²) >= 11 is 0. The highest BCUT2D eigenvalue weighted by Crippen LogP contribution is 2.14. The van der Waals surface area contributed by atoms with Gasteiger partial charge in [0.1, 0.15) is 0 Å². The van der Waals surface area contributed by atoms with Gasteiger partial charge in [0.25, 0.3) is 0 Å². The Kier molecular flexibility index (Phi) is 7.75. The summed E-state index contributed by atoms with van der Waals surface area (Å²) in [6.45, 7) is 6.93. The molecule has 110 valence electrons. The van der Waals surface area contributed by atoms with Crippen LogP contribution >= 0.6 is 24.0 Å². The summed E-state index contributed by atoms with van der Waals surface area (Å²) in [5, 5.41) is 6.94. The molecule has 2 aliphatic rings. The Labute approximate surface area is 134 Å². The number of rotatable bonds is 4. The van der Waals surface area contributed by atoms with Crippen LogP contribution in [0.2, 0.25) is 0 Å². The molecule has 1 fully saturated rings. The predicted octanol–water partition coefficient (Wildman–Crippen LogP) is 1.83. The molecule has 0 amide bonds. The lowest BCUT2D eigenvalue weighted by molar-refractivity contribution is 0.341. The molecule has 1 heterocycles. The minimum Gasteiger partial charge on any atom is -0.356 e. The quantitative estimate of drug-likeness (QED) is 0.339. The van der Waals surface area contributed by atoms with Crippen molar-refractivity contribution in [3.8, 4) is 0 Å². The average molecular weight is 378 g/mol. The predicted molar refractivity (Wildman–Crippen MR) is 92.3 cm³/mol. The van der Waals surface area contributed by atoms with Crippen LogP contribution in [0.5, 0.6) is 0 Å². The molecule has 19 heavy (non-hydrogen) atoms. The first-order chi connectivity index (χ1) is 8.81. The third-order valence-corrected chi connectivity index (χ3v) is 3.95. The van der Waals surface area contributed by atoms with Crippen LogP contribution in [0, 0.1) is 5.92 Å². The molecule has 1 aliphatic carbocycles. The topological polar surface area (TPSA) is 39.7 Å². The number of likely N-dealkylation sites (tertiary alicyclic amines) is 1. The van der Waals surface area contributed by atoms with Gasteiger partial charge < -0.3 is 15.5 Å². The molecule has 5 heteroatoms. The second-order valence-corrected chi connectivity index (χ2v) is 5.29. The third kappa shape index (κ3) is 5.30. The monoisotopic (exact) mass is 378 g/mol. The van der Waals surface area contributed by atoms with Gasteiger partial charge in [-0.25, -0.2) is 0 Å². The molecule has 0 spiro atoms. The van der Waals surface area contributed by atoms with Crippen LogP contribution in [0.4, 0.5) is 0 Å². The molecular weight excluding hydrogens is 351 g/mol. The zero-order chi connectivity index (χ0) is 12.8. The van der Waals surface area contributed by atoms with Crippen molar-refractivity contribution in [2.45, 2.75) is 32.2 Å². The summed E-state index contributed by atoms with van der Waals surface area (Å²) in [6.07, 6.45) is 8.02. The molecule has 1 saturated heterocycles. The van der Waals surface area contributed by atoms with E-state index in [1.165, 1.54) is 26.1 Å². The van der Waals surface area contributed by atoms with E-state index in [2.05, 4.69) is 39.6 Å². The molecule has 0 bridgehead atoms. The van der Waals surface area contributed by atoms with Crippen molar-refractivity contribution in [3.05, 3.63) is 12.2 Å². The van der Waals surface area contributed by atoms with Gasteiger partial charge in [-0.2, -0.15) is 0 Å². The molecule has 0 aromatic carbocycles. The Balaban J connectivity index is 0.00000180. The minimum atomic E-state index is 0. The van der Waals surface area contributed by atoms with E-state index < -0.39 is 0 Å². The van der Waals surface area contributed by atoms with Crippen LogP contribution in [0.1, 0.15) is 26.2 Å². The zero-order valence-electron chi connectivity index (χ0n) is 12.1. The van der Waals surface area contributed by atoms with Gasteiger partial charge in [-0.15, -0.1) is 24.0 Å². The summed E-state index contributed by atoms with van der Waals surface area (Å²) in [6, 6.07) is 0.534. The molecular formula is C14H27IN4. The van der Waals surface area contributed by atoms with E-state index in [1.54, 1.807) is 0 Å². The van der Waals surface area contributed by atoms with Crippen molar-refractivity contribution >= 4 is 29.9 Å². The van der Waals surface area contributed by atoms with E-state index >= 15 is 0 Å². The van der Waals surface area contributed by atoms with E-state index in [0.717, 1.165) is 31.3 Å². The van der Waals surface area contributed by atoms with Crippen molar-refractivity contribution in [3.63, 3.8) is 0 Å². The van der Waals surface area contributed by atoms with Crippen LogP contribution in [0.15, 0.2) is 17.1 Å². The standard InChI is InChI=1S/C14H26N4.HI/c1-3-18-9-8-12(11-18)10-16-14(15-2)17-13-6-4-5-7-13;/h4-5,12-13H,3,6-11H2,1-2H3,(H2,15,16,17);1H. The molecule has 0 radical (unpaired) electrons. The van der Waals surface area contributed by atoms with Crippen LogP contribution < -0.4 is 10.6 Å². The number of hydrogen-bond donors (Lipinski definition) is 2. The molecule has 1 atom stereocenters. The van der Waals surface area contributed by atoms with Crippen LogP contribution in [0.3, 0.4) is 0 Å². The summed E-state index contributed by atoms with van der Waals surface area (Å²) in [5.74, 6) is 1.73. The lowest BCUT2D eigenvalue weighted by Gasteiger charge is -2.19. The second kappa shape index (κ2) is 8.79. The van der Waals surface area contributed by atoms with Crippen molar-refractivity contribution in [1.29, 1.82) is 0 Å². The highest BCUT2D eigenvalue weighted by atomic mass is 127. The molecule has 2 rings (SSSR count). The molecule has 0 aromatic rings. The Morgan fingerprint density at radius 1 is 1.37 bits per heavy atom. The normalized spacial score (nSPS) is 24.5. The second-order valence-electron chi connectivity index (χ2n) is 5.29. The van der Waals surface area contributed by atoms with E-state index in [1.807, 2.05) is 7.05 Å². The van der Waals surface area contributed by atoms with Gasteiger partial charge in [0.2, 0.25) is 0 Å². The largest absolute Gasteiger partial charge is 0.356 e.